The highest BCUT2D eigenvalue weighted by molar-refractivity contribution is 6.33. The number of nitrogens with zero attached hydrogens (tertiary/aromatic N) is 2. The van der Waals surface area contributed by atoms with Gasteiger partial charge in [0.25, 0.3) is 0 Å². The SMILES string of the molecule is CC(C)c1nc2c(Cl)cc(C(F)(F)F)cn2c1COC(=O)C1CCCO1. The number of alkyl halides is 3. The number of rotatable bonds is 4. The minimum absolute atomic E-state index is 0.0864. The molecule has 1 saturated heterocycles. The molecule has 0 amide bonds. The van der Waals surface area contributed by atoms with Crippen molar-refractivity contribution in [1.29, 1.82) is 0 Å². The quantitative estimate of drug-likeness (QED) is 0.728. The van der Waals surface area contributed by atoms with Crippen molar-refractivity contribution in [3.05, 3.63) is 34.2 Å². The van der Waals surface area contributed by atoms with Crippen molar-refractivity contribution in [3.63, 3.8) is 0 Å². The number of fused-ring (bicyclic) bond motifs is 1. The molecule has 0 bridgehead atoms. The monoisotopic (exact) mass is 390 g/mol. The number of carbonyl (C=O) groups is 1. The summed E-state index contributed by atoms with van der Waals surface area (Å²) < 4.78 is 51.2. The van der Waals surface area contributed by atoms with Crippen molar-refractivity contribution >= 4 is 23.2 Å². The minimum Gasteiger partial charge on any atom is -0.457 e. The van der Waals surface area contributed by atoms with Crippen LogP contribution in [0.1, 0.15) is 49.6 Å². The first-order valence-electron chi connectivity index (χ1n) is 8.24. The van der Waals surface area contributed by atoms with Crippen LogP contribution in [0.25, 0.3) is 5.65 Å². The van der Waals surface area contributed by atoms with Gasteiger partial charge in [0.2, 0.25) is 0 Å². The van der Waals surface area contributed by atoms with Crippen LogP contribution in [0.15, 0.2) is 12.3 Å². The van der Waals surface area contributed by atoms with Gasteiger partial charge in [-0.2, -0.15) is 13.2 Å². The molecule has 1 atom stereocenters. The Bertz CT molecular complexity index is 827. The van der Waals surface area contributed by atoms with Gasteiger partial charge in [0.05, 0.1) is 22.0 Å². The molecule has 0 aromatic carbocycles. The first-order valence-corrected chi connectivity index (χ1v) is 8.62. The van der Waals surface area contributed by atoms with E-state index in [4.69, 9.17) is 21.1 Å². The Morgan fingerprint density at radius 1 is 1.50 bits per heavy atom. The molecule has 1 aliphatic heterocycles. The smallest absolute Gasteiger partial charge is 0.417 e. The largest absolute Gasteiger partial charge is 0.457 e. The minimum atomic E-state index is -4.55. The molecule has 26 heavy (non-hydrogen) atoms. The normalized spacial score (nSPS) is 18.0. The molecule has 3 heterocycles. The zero-order valence-corrected chi connectivity index (χ0v) is 15.0. The average Bonchev–Trinajstić information content (AvgIpc) is 3.19. The van der Waals surface area contributed by atoms with E-state index in [9.17, 15) is 18.0 Å². The number of pyridine rings is 1. The highest BCUT2D eigenvalue weighted by Gasteiger charge is 2.33. The molecule has 0 spiro atoms. The summed E-state index contributed by atoms with van der Waals surface area (Å²) in [7, 11) is 0. The molecule has 9 heteroatoms. The topological polar surface area (TPSA) is 52.8 Å². The van der Waals surface area contributed by atoms with E-state index < -0.39 is 23.8 Å². The zero-order valence-electron chi connectivity index (χ0n) is 14.3. The van der Waals surface area contributed by atoms with Gasteiger partial charge in [-0.1, -0.05) is 25.4 Å². The molecular weight excluding hydrogens is 373 g/mol. The van der Waals surface area contributed by atoms with Crippen LogP contribution in [0, 0.1) is 0 Å². The third-order valence-electron chi connectivity index (χ3n) is 4.22. The van der Waals surface area contributed by atoms with Crippen molar-refractivity contribution in [1.82, 2.24) is 9.38 Å². The summed E-state index contributed by atoms with van der Waals surface area (Å²) >= 11 is 6.01. The Morgan fingerprint density at radius 3 is 2.81 bits per heavy atom. The standard InChI is InChI=1S/C17H18ClF3N2O3/c1-9(2)14-12(8-26-16(24)13-4-3-5-25-13)23-7-10(17(19,20)21)6-11(18)15(23)22-14/h6-7,9,13H,3-5,8H2,1-2H3. The van der Waals surface area contributed by atoms with E-state index in [0.29, 0.717) is 24.4 Å². The van der Waals surface area contributed by atoms with Crippen molar-refractivity contribution in [3.8, 4) is 0 Å². The number of esters is 1. The van der Waals surface area contributed by atoms with E-state index in [-0.39, 0.29) is 23.2 Å². The van der Waals surface area contributed by atoms with Gasteiger partial charge >= 0.3 is 12.1 Å². The number of ether oxygens (including phenoxy) is 2. The Hall–Kier alpha value is -1.80. The van der Waals surface area contributed by atoms with E-state index in [1.54, 1.807) is 0 Å². The fourth-order valence-corrected chi connectivity index (χ4v) is 3.18. The lowest BCUT2D eigenvalue weighted by atomic mass is 10.1. The first kappa shape index (κ1) is 19.0. The molecule has 0 N–H and O–H groups in total. The Balaban J connectivity index is 1.99. The molecule has 0 radical (unpaired) electrons. The Kier molecular flexibility index (Phi) is 5.16. The van der Waals surface area contributed by atoms with Crippen LogP contribution < -0.4 is 0 Å². The first-order chi connectivity index (χ1) is 12.2. The maximum Gasteiger partial charge on any atom is 0.417 e. The number of hydrogen-bond donors (Lipinski definition) is 0. The van der Waals surface area contributed by atoms with Crippen molar-refractivity contribution in [2.24, 2.45) is 0 Å². The van der Waals surface area contributed by atoms with Crippen LogP contribution in [-0.4, -0.2) is 28.1 Å². The van der Waals surface area contributed by atoms with E-state index in [1.807, 2.05) is 13.8 Å². The van der Waals surface area contributed by atoms with E-state index in [2.05, 4.69) is 4.98 Å². The summed E-state index contributed by atoms with van der Waals surface area (Å²) in [6, 6.07) is 0.843. The van der Waals surface area contributed by atoms with Crippen LogP contribution in [0.3, 0.4) is 0 Å². The number of halogens is 4. The lowest BCUT2D eigenvalue weighted by molar-refractivity contribution is -0.155. The van der Waals surface area contributed by atoms with E-state index >= 15 is 0 Å². The maximum absolute atomic E-state index is 13.1. The van der Waals surface area contributed by atoms with Crippen LogP contribution in [0.2, 0.25) is 5.02 Å². The number of carbonyl (C=O) groups excluding carboxylic acids is 1. The zero-order chi connectivity index (χ0) is 19.1. The highest BCUT2D eigenvalue weighted by atomic mass is 35.5. The summed E-state index contributed by atoms with van der Waals surface area (Å²) in [4.78, 5) is 16.4. The Labute approximate surface area is 153 Å². The fraction of sp³-hybridized carbons (Fsp3) is 0.529. The van der Waals surface area contributed by atoms with E-state index in [1.165, 1.54) is 4.40 Å². The van der Waals surface area contributed by atoms with E-state index in [0.717, 1.165) is 18.7 Å². The molecule has 1 fully saturated rings. The van der Waals surface area contributed by atoms with Crippen LogP contribution in [-0.2, 0) is 27.1 Å². The number of imidazole rings is 1. The Morgan fingerprint density at radius 2 is 2.23 bits per heavy atom. The second kappa shape index (κ2) is 7.08. The fourth-order valence-electron chi connectivity index (χ4n) is 2.93. The lowest BCUT2D eigenvalue weighted by Gasteiger charge is -2.13. The second-order valence-electron chi connectivity index (χ2n) is 6.48. The lowest BCUT2D eigenvalue weighted by Crippen LogP contribution is -2.22. The predicted octanol–water partition coefficient (Wildman–Crippen LogP) is 4.35. The van der Waals surface area contributed by atoms with Crippen LogP contribution in [0.5, 0.6) is 0 Å². The van der Waals surface area contributed by atoms with Gasteiger partial charge < -0.3 is 9.47 Å². The average molecular weight is 391 g/mol. The number of aromatic nitrogens is 2. The molecule has 0 saturated carbocycles. The van der Waals surface area contributed by atoms with Crippen molar-refractivity contribution in [2.45, 2.75) is 51.5 Å². The molecule has 5 nitrogen and oxygen atoms in total. The van der Waals surface area contributed by atoms with Gasteiger partial charge in [0.15, 0.2) is 11.8 Å². The van der Waals surface area contributed by atoms with Gasteiger partial charge in [-0.25, -0.2) is 9.78 Å². The maximum atomic E-state index is 13.1. The van der Waals surface area contributed by atoms with Crippen LogP contribution in [0.4, 0.5) is 13.2 Å². The van der Waals surface area contributed by atoms with Crippen LogP contribution >= 0.6 is 11.6 Å². The molecule has 1 aliphatic rings. The molecule has 2 aromatic heterocycles. The van der Waals surface area contributed by atoms with Gasteiger partial charge in [-0.3, -0.25) is 4.40 Å². The summed E-state index contributed by atoms with van der Waals surface area (Å²) in [6.07, 6.45) is -2.89. The molecule has 1 unspecified atom stereocenters. The predicted molar refractivity (Wildman–Crippen MR) is 88.1 cm³/mol. The molecule has 3 rings (SSSR count). The summed E-state index contributed by atoms with van der Waals surface area (Å²) in [5, 5.41) is -0.113. The summed E-state index contributed by atoms with van der Waals surface area (Å²) in [5.74, 6) is -0.609. The molecule has 0 aliphatic carbocycles. The molecule has 2 aromatic rings. The third kappa shape index (κ3) is 3.66. The number of hydrogen-bond acceptors (Lipinski definition) is 4. The third-order valence-corrected chi connectivity index (χ3v) is 4.50. The van der Waals surface area contributed by atoms with Gasteiger partial charge in [0, 0.05) is 12.8 Å². The molecular formula is C17H18ClF3N2O3. The summed E-state index contributed by atoms with van der Waals surface area (Å²) in [5.41, 5.74) is 0.210. The van der Waals surface area contributed by atoms with Crippen molar-refractivity contribution in [2.75, 3.05) is 6.61 Å². The highest BCUT2D eigenvalue weighted by Crippen LogP contribution is 2.34. The molecule has 142 valence electrons. The van der Waals surface area contributed by atoms with Crippen molar-refractivity contribution < 1.29 is 27.4 Å². The van der Waals surface area contributed by atoms with Gasteiger partial charge in [0.1, 0.15) is 6.61 Å². The van der Waals surface area contributed by atoms with Gasteiger partial charge in [-0.05, 0) is 24.8 Å². The second-order valence-corrected chi connectivity index (χ2v) is 6.88. The summed E-state index contributed by atoms with van der Waals surface area (Å²) in [6.45, 7) is 4.00. The van der Waals surface area contributed by atoms with Gasteiger partial charge in [-0.15, -0.1) is 0 Å².